The highest BCUT2D eigenvalue weighted by Crippen LogP contribution is 2.33. The van der Waals surface area contributed by atoms with Crippen molar-refractivity contribution in [3.05, 3.63) is 26.3 Å². The van der Waals surface area contributed by atoms with E-state index in [0.717, 1.165) is 11.3 Å². The lowest BCUT2D eigenvalue weighted by Gasteiger charge is -2.21. The van der Waals surface area contributed by atoms with E-state index >= 15 is 0 Å². The van der Waals surface area contributed by atoms with Gasteiger partial charge in [0.1, 0.15) is 26.7 Å². The largest absolute Gasteiger partial charge is 0.486 e. The predicted octanol–water partition coefficient (Wildman–Crippen LogP) is 4.33. The molecule has 0 aliphatic rings. The molecule has 1 amide bonds. The molecule has 0 aliphatic carbocycles. The third kappa shape index (κ3) is 5.38. The van der Waals surface area contributed by atoms with Gasteiger partial charge in [-0.2, -0.15) is 0 Å². The van der Waals surface area contributed by atoms with Gasteiger partial charge in [0.15, 0.2) is 0 Å². The lowest BCUT2D eigenvalue weighted by Crippen LogP contribution is -2.24. The van der Waals surface area contributed by atoms with Crippen LogP contribution < -0.4 is 4.74 Å². The molecule has 0 radical (unpaired) electrons. The maximum absolute atomic E-state index is 12.1. The molecule has 0 fully saturated rings. The maximum atomic E-state index is 12.1. The Labute approximate surface area is 132 Å². The second kappa shape index (κ2) is 6.37. The molecular weight excluding hydrogens is 306 g/mol. The molecule has 0 bridgehead atoms. The molecule has 0 aromatic carbocycles. The van der Waals surface area contributed by atoms with Crippen molar-refractivity contribution in [2.75, 3.05) is 0 Å². The Morgan fingerprint density at radius 2 is 1.77 bits per heavy atom. The first-order valence-electron chi connectivity index (χ1n) is 6.58. The number of ether oxygens (including phenoxy) is 2. The average Bonchev–Trinajstić information content (AvgIpc) is 2.68. The number of hydrogen-bond donors (Lipinski definition) is 0. The van der Waals surface area contributed by atoms with E-state index in [4.69, 9.17) is 15.0 Å². The van der Waals surface area contributed by atoms with Crippen LogP contribution >= 0.6 is 11.3 Å². The molecule has 0 saturated carbocycles. The number of hydrogen-bond acceptors (Lipinski definition) is 5. The standard InChI is InChI=1S/C14H19N3O4S/c1-13(2,3)20-8-7-9(12(19)21-14(4,5)6)22-10(8)11(18)16-17-15/h7H,1-6H3. The van der Waals surface area contributed by atoms with Crippen molar-refractivity contribution in [2.45, 2.75) is 52.7 Å². The summed E-state index contributed by atoms with van der Waals surface area (Å²) in [7, 11) is 0. The Hall–Kier alpha value is -2.05. The van der Waals surface area contributed by atoms with Crippen molar-refractivity contribution in [3.63, 3.8) is 0 Å². The van der Waals surface area contributed by atoms with Gasteiger partial charge in [-0.3, -0.25) is 4.79 Å². The Balaban J connectivity index is 3.22. The number of thiophene rings is 1. The Morgan fingerprint density at radius 3 is 2.23 bits per heavy atom. The van der Waals surface area contributed by atoms with E-state index in [-0.39, 0.29) is 15.5 Å². The van der Waals surface area contributed by atoms with Crippen molar-refractivity contribution in [2.24, 2.45) is 5.11 Å². The third-order valence-corrected chi connectivity index (χ3v) is 3.13. The molecule has 1 aromatic heterocycles. The van der Waals surface area contributed by atoms with Crippen molar-refractivity contribution in [1.29, 1.82) is 0 Å². The third-order valence-electron chi connectivity index (χ3n) is 2.04. The second-order valence-corrected chi connectivity index (χ2v) is 7.57. The summed E-state index contributed by atoms with van der Waals surface area (Å²) < 4.78 is 10.9. The van der Waals surface area contributed by atoms with Gasteiger partial charge in [0.2, 0.25) is 0 Å². The van der Waals surface area contributed by atoms with E-state index in [1.807, 2.05) is 0 Å². The first-order valence-corrected chi connectivity index (χ1v) is 7.40. The molecule has 8 heteroatoms. The second-order valence-electron chi connectivity index (χ2n) is 6.51. The number of esters is 1. The highest BCUT2D eigenvalue weighted by molar-refractivity contribution is 7.16. The van der Waals surface area contributed by atoms with Gasteiger partial charge in [-0.1, -0.05) is 0 Å². The molecule has 0 spiro atoms. The number of rotatable bonds is 3. The quantitative estimate of drug-likeness (QED) is 0.357. The van der Waals surface area contributed by atoms with Crippen LogP contribution in [0.2, 0.25) is 0 Å². The van der Waals surface area contributed by atoms with Crippen LogP contribution in [-0.4, -0.2) is 23.1 Å². The molecule has 0 atom stereocenters. The van der Waals surface area contributed by atoms with E-state index in [1.165, 1.54) is 6.07 Å². The predicted molar refractivity (Wildman–Crippen MR) is 83.3 cm³/mol. The van der Waals surface area contributed by atoms with Crippen LogP contribution in [0.4, 0.5) is 0 Å². The number of azide groups is 1. The first kappa shape index (κ1) is 18.0. The highest BCUT2D eigenvalue weighted by Gasteiger charge is 2.26. The molecule has 0 unspecified atom stereocenters. The molecule has 1 heterocycles. The Bertz CT molecular complexity index is 631. The van der Waals surface area contributed by atoms with Crippen LogP contribution in [0.5, 0.6) is 5.75 Å². The molecule has 7 nitrogen and oxygen atoms in total. The minimum Gasteiger partial charge on any atom is -0.486 e. The summed E-state index contributed by atoms with van der Waals surface area (Å²) in [5.74, 6) is -1.14. The molecule has 1 aromatic rings. The minimum atomic E-state index is -0.790. The molecule has 1 rings (SSSR count). The summed E-state index contributed by atoms with van der Waals surface area (Å²) in [5, 5.41) is 3.05. The lowest BCUT2D eigenvalue weighted by atomic mass is 10.2. The van der Waals surface area contributed by atoms with Crippen LogP contribution in [0.15, 0.2) is 11.2 Å². The molecule has 0 aliphatic heterocycles. The summed E-state index contributed by atoms with van der Waals surface area (Å²) in [6, 6.07) is 1.43. The SMILES string of the molecule is CC(C)(C)OC(=O)c1cc(OC(C)(C)C)c(C(=O)N=[N+]=[N-])s1. The molecule has 0 saturated heterocycles. The summed E-state index contributed by atoms with van der Waals surface area (Å²) in [6.45, 7) is 10.7. The van der Waals surface area contributed by atoms with Gasteiger partial charge >= 0.3 is 5.97 Å². The van der Waals surface area contributed by atoms with Gasteiger partial charge in [0.25, 0.3) is 5.91 Å². The highest BCUT2D eigenvalue weighted by atomic mass is 32.1. The van der Waals surface area contributed by atoms with Crippen molar-refractivity contribution < 1.29 is 19.1 Å². The summed E-state index contributed by atoms with van der Waals surface area (Å²) in [6.07, 6.45) is 0. The van der Waals surface area contributed by atoms with Crippen LogP contribution in [0, 0.1) is 0 Å². The van der Waals surface area contributed by atoms with Gasteiger partial charge in [-0.15, -0.1) is 11.3 Å². The van der Waals surface area contributed by atoms with E-state index in [9.17, 15) is 9.59 Å². The topological polar surface area (TPSA) is 101 Å². The molecule has 0 N–H and O–H groups in total. The normalized spacial score (nSPS) is 11.5. The molecule has 120 valence electrons. The van der Waals surface area contributed by atoms with Crippen LogP contribution in [-0.2, 0) is 4.74 Å². The van der Waals surface area contributed by atoms with E-state index in [0.29, 0.717) is 0 Å². The van der Waals surface area contributed by atoms with Gasteiger partial charge in [-0.25, -0.2) is 4.79 Å². The summed E-state index contributed by atoms with van der Waals surface area (Å²) in [4.78, 5) is 26.7. The zero-order valence-corrected chi connectivity index (χ0v) is 14.3. The van der Waals surface area contributed by atoms with E-state index in [2.05, 4.69) is 10.0 Å². The van der Waals surface area contributed by atoms with Crippen molar-refractivity contribution >= 4 is 23.2 Å². The number of carbonyl (C=O) groups excluding carboxylic acids is 2. The van der Waals surface area contributed by atoms with Gasteiger partial charge < -0.3 is 9.47 Å². The average molecular weight is 325 g/mol. The fraction of sp³-hybridized carbons (Fsp3) is 0.571. The smallest absolute Gasteiger partial charge is 0.348 e. The maximum Gasteiger partial charge on any atom is 0.348 e. The molecular formula is C14H19N3O4S. The number of carbonyl (C=O) groups is 2. The Kier molecular flexibility index (Phi) is 5.22. The zero-order chi connectivity index (χ0) is 17.1. The lowest BCUT2D eigenvalue weighted by molar-refractivity contribution is 0.00743. The minimum absolute atomic E-state index is 0.0774. The first-order chi connectivity index (χ1) is 9.93. The van der Waals surface area contributed by atoms with Crippen LogP contribution in [0.3, 0.4) is 0 Å². The van der Waals surface area contributed by atoms with Gasteiger partial charge in [-0.05, 0) is 52.2 Å². The number of nitrogens with zero attached hydrogens (tertiary/aromatic N) is 3. The van der Waals surface area contributed by atoms with Crippen molar-refractivity contribution in [3.8, 4) is 5.75 Å². The zero-order valence-electron chi connectivity index (χ0n) is 13.5. The Morgan fingerprint density at radius 1 is 1.18 bits per heavy atom. The van der Waals surface area contributed by atoms with Gasteiger partial charge in [0, 0.05) is 11.0 Å². The van der Waals surface area contributed by atoms with Crippen molar-refractivity contribution in [1.82, 2.24) is 0 Å². The number of amides is 1. The summed E-state index contributed by atoms with van der Waals surface area (Å²) in [5.41, 5.74) is 7.18. The van der Waals surface area contributed by atoms with Gasteiger partial charge in [0.05, 0.1) is 0 Å². The van der Waals surface area contributed by atoms with Crippen LogP contribution in [0.1, 0.15) is 60.9 Å². The summed E-state index contributed by atoms with van der Waals surface area (Å²) >= 11 is 0.883. The fourth-order valence-electron chi connectivity index (χ4n) is 1.44. The molecule has 22 heavy (non-hydrogen) atoms. The fourth-order valence-corrected chi connectivity index (χ4v) is 2.28. The van der Waals surface area contributed by atoms with E-state index < -0.39 is 23.1 Å². The van der Waals surface area contributed by atoms with E-state index in [1.54, 1.807) is 41.5 Å². The monoisotopic (exact) mass is 325 g/mol. The van der Waals surface area contributed by atoms with Crippen LogP contribution in [0.25, 0.3) is 10.4 Å².